The summed E-state index contributed by atoms with van der Waals surface area (Å²) >= 11 is 0. The largest absolute Gasteiger partial charge is 0.497 e. The summed E-state index contributed by atoms with van der Waals surface area (Å²) in [6, 6.07) is 21.6. The monoisotopic (exact) mass is 443 g/mol. The fourth-order valence-corrected chi connectivity index (χ4v) is 3.66. The molecule has 3 aromatic rings. The fourth-order valence-electron chi connectivity index (χ4n) is 3.66. The molecule has 0 fully saturated rings. The lowest BCUT2D eigenvalue weighted by Gasteiger charge is -2.19. The molecule has 0 atom stereocenters. The van der Waals surface area contributed by atoms with Gasteiger partial charge in [0.1, 0.15) is 17.2 Å². The molecule has 0 saturated carbocycles. The fraction of sp³-hybridized carbons (Fsp3) is 0.154. The van der Waals surface area contributed by atoms with Crippen molar-refractivity contribution in [3.8, 4) is 11.5 Å². The van der Waals surface area contributed by atoms with Crippen LogP contribution in [0.3, 0.4) is 0 Å². The molecule has 168 valence electrons. The van der Waals surface area contributed by atoms with Crippen LogP contribution >= 0.6 is 0 Å². The highest BCUT2D eigenvalue weighted by molar-refractivity contribution is 6.46. The third kappa shape index (κ3) is 4.25. The van der Waals surface area contributed by atoms with Gasteiger partial charge in [0.2, 0.25) is 0 Å². The van der Waals surface area contributed by atoms with E-state index in [1.54, 1.807) is 50.6 Å². The molecule has 3 aromatic carbocycles. The maximum atomic E-state index is 13.6. The molecule has 1 N–H and O–H groups in total. The van der Waals surface area contributed by atoms with Crippen molar-refractivity contribution in [2.45, 2.75) is 0 Å². The van der Waals surface area contributed by atoms with Gasteiger partial charge in [-0.1, -0.05) is 24.3 Å². The van der Waals surface area contributed by atoms with Crippen molar-refractivity contribution in [1.29, 1.82) is 0 Å². The van der Waals surface area contributed by atoms with E-state index in [1.807, 2.05) is 55.4 Å². The van der Waals surface area contributed by atoms with Gasteiger partial charge in [0.05, 0.1) is 25.5 Å². The molecule has 33 heavy (non-hydrogen) atoms. The van der Waals surface area contributed by atoms with Crippen LogP contribution in [0.4, 0.5) is 17.1 Å². The van der Waals surface area contributed by atoms with Crippen LogP contribution < -0.4 is 24.6 Å². The van der Waals surface area contributed by atoms with Crippen LogP contribution in [0.1, 0.15) is 5.56 Å². The molecular formula is C26H25N3O4. The highest BCUT2D eigenvalue weighted by Crippen LogP contribution is 2.35. The lowest BCUT2D eigenvalue weighted by molar-refractivity contribution is -0.120. The van der Waals surface area contributed by atoms with Crippen molar-refractivity contribution < 1.29 is 19.1 Å². The van der Waals surface area contributed by atoms with Gasteiger partial charge in [-0.15, -0.1) is 0 Å². The number of amides is 2. The second-order valence-electron chi connectivity index (χ2n) is 7.70. The maximum absolute atomic E-state index is 13.6. The number of benzene rings is 3. The van der Waals surface area contributed by atoms with E-state index >= 15 is 0 Å². The van der Waals surface area contributed by atoms with Crippen LogP contribution in [0.25, 0.3) is 5.57 Å². The van der Waals surface area contributed by atoms with Gasteiger partial charge in [-0.05, 0) is 48.0 Å². The number of methoxy groups -OCH3 is 2. The molecular weight excluding hydrogens is 418 g/mol. The summed E-state index contributed by atoms with van der Waals surface area (Å²) in [6.07, 6.45) is 0. The maximum Gasteiger partial charge on any atom is 0.282 e. The number of carbonyl (C=O) groups excluding carboxylic acids is 2. The summed E-state index contributed by atoms with van der Waals surface area (Å²) in [4.78, 5) is 30.3. The Morgan fingerprint density at radius 1 is 0.788 bits per heavy atom. The molecule has 7 heteroatoms. The summed E-state index contributed by atoms with van der Waals surface area (Å²) < 4.78 is 10.5. The predicted octanol–water partition coefficient (Wildman–Crippen LogP) is 4.17. The minimum absolute atomic E-state index is 0.202. The smallest absolute Gasteiger partial charge is 0.282 e. The minimum atomic E-state index is -0.426. The van der Waals surface area contributed by atoms with Gasteiger partial charge in [0.15, 0.2) is 0 Å². The summed E-state index contributed by atoms with van der Waals surface area (Å²) in [5.41, 5.74) is 3.14. The summed E-state index contributed by atoms with van der Waals surface area (Å²) in [5.74, 6) is 0.476. The number of imide groups is 1. The van der Waals surface area contributed by atoms with Crippen LogP contribution in [0.5, 0.6) is 11.5 Å². The number of hydrogen-bond donors (Lipinski definition) is 1. The van der Waals surface area contributed by atoms with Gasteiger partial charge >= 0.3 is 0 Å². The van der Waals surface area contributed by atoms with Crippen molar-refractivity contribution in [1.82, 2.24) is 0 Å². The van der Waals surface area contributed by atoms with Crippen LogP contribution in [-0.2, 0) is 9.59 Å². The van der Waals surface area contributed by atoms with Gasteiger partial charge in [-0.25, -0.2) is 4.90 Å². The molecule has 4 rings (SSSR count). The summed E-state index contributed by atoms with van der Waals surface area (Å²) in [5, 5.41) is 3.16. The van der Waals surface area contributed by atoms with E-state index in [1.165, 1.54) is 4.90 Å². The summed E-state index contributed by atoms with van der Waals surface area (Å²) in [6.45, 7) is 0. The number of hydrogen-bond acceptors (Lipinski definition) is 6. The molecule has 1 aliphatic heterocycles. The molecule has 2 amide bonds. The first-order valence-corrected chi connectivity index (χ1v) is 10.4. The van der Waals surface area contributed by atoms with E-state index < -0.39 is 11.8 Å². The van der Waals surface area contributed by atoms with Crippen molar-refractivity contribution in [2.24, 2.45) is 0 Å². The normalized spacial score (nSPS) is 13.4. The SMILES string of the molecule is COc1ccc(C2=C(Nc3cccc(OC)c3)C(=O)N(c3cccc(N(C)C)c3)C2=O)cc1. The Hall–Kier alpha value is -4.26. The topological polar surface area (TPSA) is 71.1 Å². The standard InChI is InChI=1S/C26H25N3O4/c1-28(2)19-8-6-9-20(16-19)29-25(30)23(17-11-13-21(32-3)14-12-17)24(26(29)31)27-18-7-5-10-22(15-18)33-4/h5-16,27H,1-4H3. The molecule has 0 unspecified atom stereocenters. The van der Waals surface area contributed by atoms with Gasteiger partial charge in [-0.2, -0.15) is 0 Å². The van der Waals surface area contributed by atoms with Gasteiger partial charge in [-0.3, -0.25) is 9.59 Å². The first kappa shape index (κ1) is 22.0. The highest BCUT2D eigenvalue weighted by Gasteiger charge is 2.40. The molecule has 7 nitrogen and oxygen atoms in total. The molecule has 0 aliphatic carbocycles. The number of carbonyl (C=O) groups is 2. The van der Waals surface area contributed by atoms with Gasteiger partial charge < -0.3 is 19.7 Å². The summed E-state index contributed by atoms with van der Waals surface area (Å²) in [7, 11) is 6.96. The number of ether oxygens (including phenoxy) is 2. The van der Waals surface area contributed by atoms with E-state index in [4.69, 9.17) is 9.47 Å². The second-order valence-corrected chi connectivity index (χ2v) is 7.70. The van der Waals surface area contributed by atoms with Crippen LogP contribution in [0.15, 0.2) is 78.5 Å². The van der Waals surface area contributed by atoms with E-state index in [9.17, 15) is 9.59 Å². The zero-order valence-electron chi connectivity index (χ0n) is 19.0. The average molecular weight is 444 g/mol. The quantitative estimate of drug-likeness (QED) is 0.553. The minimum Gasteiger partial charge on any atom is -0.497 e. The second kappa shape index (κ2) is 9.08. The zero-order valence-corrected chi connectivity index (χ0v) is 19.0. The first-order valence-electron chi connectivity index (χ1n) is 10.4. The lowest BCUT2D eigenvalue weighted by Crippen LogP contribution is -2.32. The first-order chi connectivity index (χ1) is 15.9. The van der Waals surface area contributed by atoms with Gasteiger partial charge in [0.25, 0.3) is 11.8 Å². The van der Waals surface area contributed by atoms with Crippen LogP contribution in [-0.4, -0.2) is 40.1 Å². The van der Waals surface area contributed by atoms with Crippen LogP contribution in [0.2, 0.25) is 0 Å². The number of anilines is 3. The average Bonchev–Trinajstić information content (AvgIpc) is 3.08. The molecule has 0 spiro atoms. The Kier molecular flexibility index (Phi) is 6.04. The van der Waals surface area contributed by atoms with E-state index in [-0.39, 0.29) is 5.70 Å². The van der Waals surface area contributed by atoms with Crippen molar-refractivity contribution in [2.75, 3.05) is 43.4 Å². The Labute approximate surface area is 192 Å². The molecule has 1 aliphatic rings. The Morgan fingerprint density at radius 3 is 2.15 bits per heavy atom. The number of nitrogens with one attached hydrogen (secondary N) is 1. The van der Waals surface area contributed by atoms with Crippen LogP contribution in [0, 0.1) is 0 Å². The molecule has 0 aromatic heterocycles. The van der Waals surface area contributed by atoms with Crippen molar-refractivity contribution in [3.63, 3.8) is 0 Å². The number of rotatable bonds is 7. The highest BCUT2D eigenvalue weighted by atomic mass is 16.5. The van der Waals surface area contributed by atoms with Crippen molar-refractivity contribution in [3.05, 3.63) is 84.1 Å². The van der Waals surface area contributed by atoms with E-state index in [0.29, 0.717) is 34.0 Å². The lowest BCUT2D eigenvalue weighted by atomic mass is 10.0. The van der Waals surface area contributed by atoms with E-state index in [0.717, 1.165) is 5.69 Å². The molecule has 0 radical (unpaired) electrons. The molecule has 0 saturated heterocycles. The van der Waals surface area contributed by atoms with Crippen molar-refractivity contribution >= 4 is 34.4 Å². The molecule has 0 bridgehead atoms. The zero-order chi connectivity index (χ0) is 23.5. The number of nitrogens with zero attached hydrogens (tertiary/aromatic N) is 2. The third-order valence-electron chi connectivity index (χ3n) is 5.41. The Balaban J connectivity index is 1.81. The van der Waals surface area contributed by atoms with E-state index in [2.05, 4.69) is 5.32 Å². The predicted molar refractivity (Wildman–Crippen MR) is 130 cm³/mol. The third-order valence-corrected chi connectivity index (χ3v) is 5.41. The van der Waals surface area contributed by atoms with Gasteiger partial charge in [0, 0.05) is 31.5 Å². The Morgan fingerprint density at radius 2 is 1.48 bits per heavy atom. The molecule has 1 heterocycles. The Bertz CT molecular complexity index is 1230.